The molecule has 0 aliphatic carbocycles. The number of alkyl halides is 2. The molecule has 0 spiro atoms. The monoisotopic (exact) mass is 243 g/mol. The molecule has 0 amide bonds. The van der Waals surface area contributed by atoms with Gasteiger partial charge in [0, 0.05) is 4.90 Å². The van der Waals surface area contributed by atoms with Crippen LogP contribution in [-0.4, -0.2) is 24.7 Å². The number of hydrogen-bond acceptors (Lipinski definition) is 3. The van der Waals surface area contributed by atoms with Gasteiger partial charge in [-0.1, -0.05) is 6.07 Å². The molecule has 0 bridgehead atoms. The SMILES string of the molecule is Cc1ccc(SCC(F)F)cc1N=CC=O. The normalized spacial score (nSPS) is 11.2. The number of rotatable bonds is 5. The summed E-state index contributed by atoms with van der Waals surface area (Å²) in [6.45, 7) is 1.85. The Labute approximate surface area is 96.8 Å². The molecule has 16 heavy (non-hydrogen) atoms. The van der Waals surface area contributed by atoms with E-state index in [9.17, 15) is 13.6 Å². The van der Waals surface area contributed by atoms with E-state index in [1.807, 2.05) is 6.92 Å². The van der Waals surface area contributed by atoms with Gasteiger partial charge in [-0.15, -0.1) is 11.8 Å². The summed E-state index contributed by atoms with van der Waals surface area (Å²) in [5.41, 5.74) is 1.53. The topological polar surface area (TPSA) is 29.4 Å². The molecule has 86 valence electrons. The minimum atomic E-state index is -2.33. The van der Waals surface area contributed by atoms with Crippen LogP contribution in [0.2, 0.25) is 0 Å². The van der Waals surface area contributed by atoms with Crippen molar-refractivity contribution in [3.05, 3.63) is 23.8 Å². The summed E-state index contributed by atoms with van der Waals surface area (Å²) in [6, 6.07) is 5.26. The highest BCUT2D eigenvalue weighted by atomic mass is 32.2. The van der Waals surface area contributed by atoms with Crippen LogP contribution >= 0.6 is 11.8 Å². The quantitative estimate of drug-likeness (QED) is 0.451. The molecule has 0 aromatic heterocycles. The second kappa shape index (κ2) is 6.37. The molecule has 0 saturated carbocycles. The van der Waals surface area contributed by atoms with Crippen LogP contribution in [0.5, 0.6) is 0 Å². The minimum absolute atomic E-state index is 0.236. The van der Waals surface area contributed by atoms with E-state index in [4.69, 9.17) is 0 Å². The summed E-state index contributed by atoms with van der Waals surface area (Å²) >= 11 is 1.07. The van der Waals surface area contributed by atoms with Crippen LogP contribution in [0.25, 0.3) is 0 Å². The van der Waals surface area contributed by atoms with E-state index in [1.165, 1.54) is 0 Å². The van der Waals surface area contributed by atoms with Crippen molar-refractivity contribution in [3.8, 4) is 0 Å². The zero-order valence-corrected chi connectivity index (χ0v) is 9.51. The Morgan fingerprint density at radius 3 is 2.88 bits per heavy atom. The number of thioether (sulfide) groups is 1. The van der Waals surface area contributed by atoms with E-state index in [0.29, 0.717) is 12.0 Å². The molecule has 0 aliphatic rings. The van der Waals surface area contributed by atoms with Crippen molar-refractivity contribution in [2.24, 2.45) is 4.99 Å². The number of benzene rings is 1. The lowest BCUT2D eigenvalue weighted by Gasteiger charge is -2.04. The van der Waals surface area contributed by atoms with Crippen molar-refractivity contribution in [3.63, 3.8) is 0 Å². The molecule has 0 fully saturated rings. The van der Waals surface area contributed by atoms with E-state index in [2.05, 4.69) is 4.99 Å². The van der Waals surface area contributed by atoms with Gasteiger partial charge in [0.15, 0.2) is 6.29 Å². The highest BCUT2D eigenvalue weighted by Crippen LogP contribution is 2.27. The first-order valence-electron chi connectivity index (χ1n) is 4.63. The number of aliphatic imine (C=N–C) groups is 1. The highest BCUT2D eigenvalue weighted by Gasteiger charge is 2.05. The van der Waals surface area contributed by atoms with Crippen LogP contribution in [0, 0.1) is 6.92 Å². The Hall–Kier alpha value is -1.23. The number of aldehydes is 1. The van der Waals surface area contributed by atoms with Gasteiger partial charge >= 0.3 is 0 Å². The molecule has 0 saturated heterocycles. The molecule has 1 aromatic rings. The fourth-order valence-electron chi connectivity index (χ4n) is 1.09. The van der Waals surface area contributed by atoms with Crippen molar-refractivity contribution in [1.82, 2.24) is 0 Å². The molecule has 0 atom stereocenters. The van der Waals surface area contributed by atoms with Crippen molar-refractivity contribution in [2.75, 3.05) is 5.75 Å². The Morgan fingerprint density at radius 2 is 2.25 bits per heavy atom. The van der Waals surface area contributed by atoms with Crippen molar-refractivity contribution < 1.29 is 13.6 Å². The van der Waals surface area contributed by atoms with Crippen LogP contribution in [-0.2, 0) is 4.79 Å². The van der Waals surface area contributed by atoms with Gasteiger partial charge < -0.3 is 0 Å². The molecule has 0 radical (unpaired) electrons. The molecule has 2 nitrogen and oxygen atoms in total. The van der Waals surface area contributed by atoms with E-state index in [-0.39, 0.29) is 5.75 Å². The summed E-state index contributed by atoms with van der Waals surface area (Å²) in [5, 5.41) is 0. The third-order valence-corrected chi connectivity index (χ3v) is 2.84. The van der Waals surface area contributed by atoms with Crippen LogP contribution in [0.15, 0.2) is 28.1 Å². The lowest BCUT2D eigenvalue weighted by Crippen LogP contribution is -1.93. The Kier molecular flexibility index (Phi) is 5.11. The Bertz CT molecular complexity index is 394. The third-order valence-electron chi connectivity index (χ3n) is 1.83. The van der Waals surface area contributed by atoms with Crippen LogP contribution in [0.4, 0.5) is 14.5 Å². The maximum absolute atomic E-state index is 12.0. The van der Waals surface area contributed by atoms with Gasteiger partial charge in [0.05, 0.1) is 17.7 Å². The number of carbonyl (C=O) groups excluding carboxylic acids is 1. The molecule has 0 unspecified atom stereocenters. The summed E-state index contributed by atoms with van der Waals surface area (Å²) in [5.74, 6) is -0.236. The predicted octanol–water partition coefficient (Wildman–Crippen LogP) is 3.25. The maximum atomic E-state index is 12.0. The smallest absolute Gasteiger partial charge is 0.247 e. The minimum Gasteiger partial charge on any atom is -0.297 e. The summed E-state index contributed by atoms with van der Waals surface area (Å²) < 4.78 is 24.0. The fraction of sp³-hybridized carbons (Fsp3) is 0.273. The Morgan fingerprint density at radius 1 is 1.50 bits per heavy atom. The molecular formula is C11H11F2NOS. The van der Waals surface area contributed by atoms with Crippen molar-refractivity contribution in [2.45, 2.75) is 18.2 Å². The first-order chi connectivity index (χ1) is 7.63. The van der Waals surface area contributed by atoms with Gasteiger partial charge in [-0.3, -0.25) is 9.79 Å². The molecule has 1 rings (SSSR count). The number of carbonyl (C=O) groups is 1. The summed E-state index contributed by atoms with van der Waals surface area (Å²) in [4.78, 5) is 14.8. The molecule has 0 aliphatic heterocycles. The van der Waals surface area contributed by atoms with Crippen molar-refractivity contribution in [1.29, 1.82) is 0 Å². The zero-order valence-electron chi connectivity index (χ0n) is 8.69. The molecule has 5 heteroatoms. The standard InChI is InChI=1S/C11H11F2NOS/c1-8-2-3-9(16-7-11(12)13)6-10(8)14-4-5-15/h2-6,11H,7H2,1H3. The molecule has 0 heterocycles. The van der Waals surface area contributed by atoms with Crippen LogP contribution in [0.1, 0.15) is 5.56 Å². The van der Waals surface area contributed by atoms with Gasteiger partial charge in [0.1, 0.15) is 0 Å². The summed E-state index contributed by atoms with van der Waals surface area (Å²) in [7, 11) is 0. The van der Waals surface area contributed by atoms with E-state index >= 15 is 0 Å². The number of halogens is 2. The first kappa shape index (κ1) is 12.8. The second-order valence-electron chi connectivity index (χ2n) is 3.06. The average molecular weight is 243 g/mol. The maximum Gasteiger partial charge on any atom is 0.247 e. The fourth-order valence-corrected chi connectivity index (χ4v) is 1.77. The second-order valence-corrected chi connectivity index (χ2v) is 4.16. The third kappa shape index (κ3) is 4.10. The van der Waals surface area contributed by atoms with Gasteiger partial charge in [0.25, 0.3) is 0 Å². The van der Waals surface area contributed by atoms with Crippen molar-refractivity contribution >= 4 is 30.0 Å². The molecule has 1 aromatic carbocycles. The lowest BCUT2D eigenvalue weighted by atomic mass is 10.2. The van der Waals surface area contributed by atoms with E-state index in [0.717, 1.165) is 28.4 Å². The molecular weight excluding hydrogens is 232 g/mol. The predicted molar refractivity (Wildman–Crippen MR) is 62.1 cm³/mol. The van der Waals surface area contributed by atoms with Crippen LogP contribution < -0.4 is 0 Å². The first-order valence-corrected chi connectivity index (χ1v) is 5.61. The number of hydrogen-bond donors (Lipinski definition) is 0. The highest BCUT2D eigenvalue weighted by molar-refractivity contribution is 7.99. The largest absolute Gasteiger partial charge is 0.297 e. The van der Waals surface area contributed by atoms with Gasteiger partial charge in [-0.05, 0) is 24.6 Å². The van der Waals surface area contributed by atoms with Gasteiger partial charge in [-0.25, -0.2) is 8.78 Å². The lowest BCUT2D eigenvalue weighted by molar-refractivity contribution is -0.102. The van der Waals surface area contributed by atoms with Gasteiger partial charge in [-0.2, -0.15) is 0 Å². The van der Waals surface area contributed by atoms with E-state index < -0.39 is 6.43 Å². The molecule has 0 N–H and O–H groups in total. The number of nitrogens with zero attached hydrogens (tertiary/aromatic N) is 1. The van der Waals surface area contributed by atoms with Gasteiger partial charge in [0.2, 0.25) is 6.43 Å². The average Bonchev–Trinajstić information content (AvgIpc) is 2.26. The van der Waals surface area contributed by atoms with E-state index in [1.54, 1.807) is 18.2 Å². The van der Waals surface area contributed by atoms with Crippen LogP contribution in [0.3, 0.4) is 0 Å². The Balaban J connectivity index is 2.80. The zero-order chi connectivity index (χ0) is 12.0. The summed E-state index contributed by atoms with van der Waals surface area (Å²) in [6.07, 6.45) is -0.601. The number of aryl methyl sites for hydroxylation is 1.